The fourth-order valence-corrected chi connectivity index (χ4v) is 3.80. The lowest BCUT2D eigenvalue weighted by molar-refractivity contribution is -0.116. The molecule has 2 heterocycles. The van der Waals surface area contributed by atoms with Gasteiger partial charge in [-0.2, -0.15) is 0 Å². The van der Waals surface area contributed by atoms with Crippen LogP contribution >= 0.6 is 11.3 Å². The van der Waals surface area contributed by atoms with Crippen molar-refractivity contribution in [1.82, 2.24) is 9.55 Å². The number of primary amides is 1. The summed E-state index contributed by atoms with van der Waals surface area (Å²) in [6.07, 6.45) is 1.31. The van der Waals surface area contributed by atoms with Crippen molar-refractivity contribution in [1.29, 1.82) is 0 Å². The van der Waals surface area contributed by atoms with Gasteiger partial charge in [-0.1, -0.05) is 17.7 Å². The van der Waals surface area contributed by atoms with Gasteiger partial charge >= 0.3 is 0 Å². The van der Waals surface area contributed by atoms with Gasteiger partial charge in [0.2, 0.25) is 5.91 Å². The van der Waals surface area contributed by atoms with E-state index in [0.29, 0.717) is 26.3 Å². The number of benzene rings is 1. The first-order chi connectivity index (χ1) is 12.3. The van der Waals surface area contributed by atoms with Gasteiger partial charge in [0, 0.05) is 5.69 Å². The van der Waals surface area contributed by atoms with Crippen molar-refractivity contribution >= 4 is 39.1 Å². The average molecular weight is 370 g/mol. The second-order valence-corrected chi connectivity index (χ2v) is 7.14. The Morgan fingerprint density at radius 3 is 2.65 bits per heavy atom. The Kier molecular flexibility index (Phi) is 4.60. The van der Waals surface area contributed by atoms with Crippen molar-refractivity contribution in [2.24, 2.45) is 5.73 Å². The molecule has 7 nitrogen and oxygen atoms in total. The van der Waals surface area contributed by atoms with Crippen LogP contribution in [0.15, 0.2) is 29.3 Å². The largest absolute Gasteiger partial charge is 0.365 e. The molecule has 0 atom stereocenters. The van der Waals surface area contributed by atoms with Crippen molar-refractivity contribution in [2.75, 3.05) is 5.32 Å². The predicted molar refractivity (Wildman–Crippen MR) is 102 cm³/mol. The zero-order valence-electron chi connectivity index (χ0n) is 14.6. The van der Waals surface area contributed by atoms with Crippen LogP contribution in [0, 0.1) is 20.8 Å². The first-order valence-electron chi connectivity index (χ1n) is 7.93. The summed E-state index contributed by atoms with van der Waals surface area (Å²) < 4.78 is 1.23. The highest BCUT2D eigenvalue weighted by molar-refractivity contribution is 7.20. The molecular weight excluding hydrogens is 352 g/mol. The summed E-state index contributed by atoms with van der Waals surface area (Å²) in [5.74, 6) is -0.924. The number of rotatable bonds is 4. The quantitative estimate of drug-likeness (QED) is 0.733. The van der Waals surface area contributed by atoms with E-state index in [-0.39, 0.29) is 18.0 Å². The maximum absolute atomic E-state index is 12.7. The van der Waals surface area contributed by atoms with Gasteiger partial charge in [-0.05, 0) is 38.0 Å². The number of hydrogen-bond acceptors (Lipinski definition) is 5. The molecular formula is C18H18N4O3S. The summed E-state index contributed by atoms with van der Waals surface area (Å²) in [7, 11) is 0. The molecule has 0 aliphatic heterocycles. The average Bonchev–Trinajstić information content (AvgIpc) is 2.91. The molecule has 3 N–H and O–H groups in total. The molecule has 3 rings (SSSR count). The number of carbonyl (C=O) groups excluding carboxylic acids is 2. The third-order valence-corrected chi connectivity index (χ3v) is 5.33. The number of hydrogen-bond donors (Lipinski definition) is 2. The molecule has 0 aliphatic carbocycles. The van der Waals surface area contributed by atoms with Gasteiger partial charge in [0.25, 0.3) is 11.5 Å². The number of anilines is 1. The van der Waals surface area contributed by atoms with Crippen LogP contribution in [-0.4, -0.2) is 21.4 Å². The van der Waals surface area contributed by atoms with Crippen LogP contribution < -0.4 is 16.6 Å². The molecule has 0 saturated carbocycles. The van der Waals surface area contributed by atoms with Crippen molar-refractivity contribution < 1.29 is 9.59 Å². The molecule has 0 bridgehead atoms. The highest BCUT2D eigenvalue weighted by Gasteiger charge is 2.18. The smallest absolute Gasteiger partial charge is 0.262 e. The highest BCUT2D eigenvalue weighted by atomic mass is 32.1. The summed E-state index contributed by atoms with van der Waals surface area (Å²) >= 11 is 1.08. The number of thiophene rings is 1. The number of aryl methyl sites for hydroxylation is 3. The van der Waals surface area contributed by atoms with Gasteiger partial charge in [0.1, 0.15) is 11.4 Å². The molecule has 26 heavy (non-hydrogen) atoms. The van der Waals surface area contributed by atoms with Gasteiger partial charge in [-0.25, -0.2) is 4.98 Å². The Hall–Kier alpha value is -3.00. The molecule has 8 heteroatoms. The van der Waals surface area contributed by atoms with E-state index in [4.69, 9.17) is 5.73 Å². The van der Waals surface area contributed by atoms with Crippen LogP contribution in [0.3, 0.4) is 0 Å². The lowest BCUT2D eigenvalue weighted by Gasteiger charge is -2.10. The third kappa shape index (κ3) is 3.23. The molecule has 0 fully saturated rings. The van der Waals surface area contributed by atoms with E-state index in [9.17, 15) is 14.4 Å². The zero-order chi connectivity index (χ0) is 19.0. The predicted octanol–water partition coefficient (Wildman–Crippen LogP) is 2.12. The number of carbonyl (C=O) groups is 2. The molecule has 2 amide bonds. The SMILES string of the molecule is Cc1ccc(NC(=O)Cn2cnc3sc(C(N)=O)c(C)c3c2=O)c(C)c1. The first-order valence-corrected chi connectivity index (χ1v) is 8.75. The van der Waals surface area contributed by atoms with Gasteiger partial charge < -0.3 is 11.1 Å². The maximum atomic E-state index is 12.7. The van der Waals surface area contributed by atoms with Gasteiger partial charge in [-0.15, -0.1) is 11.3 Å². The number of aromatic nitrogens is 2. The number of fused-ring (bicyclic) bond motifs is 1. The van der Waals surface area contributed by atoms with E-state index in [1.165, 1.54) is 10.9 Å². The van der Waals surface area contributed by atoms with Crippen molar-refractivity contribution in [3.05, 3.63) is 56.4 Å². The minimum atomic E-state index is -0.593. The molecule has 0 spiro atoms. The van der Waals surface area contributed by atoms with Crippen LogP contribution in [-0.2, 0) is 11.3 Å². The summed E-state index contributed by atoms with van der Waals surface area (Å²) in [6.45, 7) is 5.36. The topological polar surface area (TPSA) is 107 Å². The van der Waals surface area contributed by atoms with Crippen molar-refractivity contribution in [3.8, 4) is 0 Å². The third-order valence-electron chi connectivity index (χ3n) is 4.11. The van der Waals surface area contributed by atoms with E-state index in [0.717, 1.165) is 22.5 Å². The van der Waals surface area contributed by atoms with Crippen molar-refractivity contribution in [3.63, 3.8) is 0 Å². The fourth-order valence-electron chi connectivity index (χ4n) is 2.81. The second kappa shape index (κ2) is 6.72. The standard InChI is InChI=1S/C18H18N4O3S/c1-9-4-5-12(10(2)6-9)21-13(23)7-22-8-20-17-14(18(22)25)11(3)15(26-17)16(19)24/h4-6,8H,7H2,1-3H3,(H2,19,24)(H,21,23). The lowest BCUT2D eigenvalue weighted by atomic mass is 10.1. The number of amides is 2. The minimum absolute atomic E-state index is 0.170. The molecule has 2 aromatic heterocycles. The van der Waals surface area contributed by atoms with Gasteiger partial charge in [-0.3, -0.25) is 19.0 Å². The normalized spacial score (nSPS) is 10.9. The fraction of sp³-hybridized carbons (Fsp3) is 0.222. The molecule has 134 valence electrons. The summed E-state index contributed by atoms with van der Waals surface area (Å²) in [6, 6.07) is 5.70. The summed E-state index contributed by atoms with van der Waals surface area (Å²) in [5.41, 5.74) is 8.20. The molecule has 1 aromatic carbocycles. The van der Waals surface area contributed by atoms with Crippen LogP contribution in [0.5, 0.6) is 0 Å². The Morgan fingerprint density at radius 2 is 2.00 bits per heavy atom. The Balaban J connectivity index is 1.90. The van der Waals surface area contributed by atoms with Crippen LogP contribution in [0.1, 0.15) is 26.4 Å². The molecule has 0 radical (unpaired) electrons. The molecule has 3 aromatic rings. The van der Waals surface area contributed by atoms with Crippen molar-refractivity contribution in [2.45, 2.75) is 27.3 Å². The zero-order valence-corrected chi connectivity index (χ0v) is 15.4. The Morgan fingerprint density at radius 1 is 1.27 bits per heavy atom. The Bertz CT molecular complexity index is 1100. The molecule has 0 aliphatic rings. The van der Waals surface area contributed by atoms with E-state index in [2.05, 4.69) is 10.3 Å². The molecule has 0 unspecified atom stereocenters. The second-order valence-electron chi connectivity index (χ2n) is 6.14. The van der Waals surface area contributed by atoms with E-state index < -0.39 is 5.91 Å². The maximum Gasteiger partial charge on any atom is 0.262 e. The first kappa shape index (κ1) is 17.8. The number of nitrogens with two attached hydrogens (primary N) is 1. The number of nitrogens with one attached hydrogen (secondary N) is 1. The summed E-state index contributed by atoms with van der Waals surface area (Å²) in [4.78, 5) is 41.4. The van der Waals surface area contributed by atoms with E-state index >= 15 is 0 Å². The van der Waals surface area contributed by atoms with Crippen LogP contribution in [0.25, 0.3) is 10.2 Å². The number of nitrogens with zero attached hydrogens (tertiary/aromatic N) is 2. The molecule has 0 saturated heterocycles. The minimum Gasteiger partial charge on any atom is -0.365 e. The highest BCUT2D eigenvalue weighted by Crippen LogP contribution is 2.26. The van der Waals surface area contributed by atoms with E-state index in [1.807, 2.05) is 32.0 Å². The van der Waals surface area contributed by atoms with Gasteiger partial charge in [0.05, 0.1) is 16.6 Å². The Labute approximate surface area is 153 Å². The van der Waals surface area contributed by atoms with Crippen LogP contribution in [0.2, 0.25) is 0 Å². The van der Waals surface area contributed by atoms with Gasteiger partial charge in [0.15, 0.2) is 0 Å². The van der Waals surface area contributed by atoms with Crippen LogP contribution in [0.4, 0.5) is 5.69 Å². The monoisotopic (exact) mass is 370 g/mol. The summed E-state index contributed by atoms with van der Waals surface area (Å²) in [5, 5.41) is 3.13. The lowest BCUT2D eigenvalue weighted by Crippen LogP contribution is -2.28. The van der Waals surface area contributed by atoms with E-state index in [1.54, 1.807) is 6.92 Å².